The summed E-state index contributed by atoms with van der Waals surface area (Å²) in [4.78, 5) is 19.1. The standard InChI is InChI=1S/C13H17N5O2/c1-4-10-9(7-18(3)17-10)6-14-13-15-8(2)5-11(16-13)12(19)20/h5,7H,4,6H2,1-3H3,(H,19,20)(H,14,15,16). The number of hydrogen-bond donors (Lipinski definition) is 2. The van der Waals surface area contributed by atoms with Gasteiger partial charge in [-0.15, -0.1) is 0 Å². The van der Waals surface area contributed by atoms with Gasteiger partial charge >= 0.3 is 5.97 Å². The van der Waals surface area contributed by atoms with Crippen LogP contribution in [0.15, 0.2) is 12.3 Å². The molecule has 0 unspecified atom stereocenters. The smallest absolute Gasteiger partial charge is 0.354 e. The lowest BCUT2D eigenvalue weighted by atomic mass is 10.2. The van der Waals surface area contributed by atoms with E-state index in [0.29, 0.717) is 18.2 Å². The molecule has 7 nitrogen and oxygen atoms in total. The molecule has 0 radical (unpaired) electrons. The van der Waals surface area contributed by atoms with Crippen LogP contribution in [0.2, 0.25) is 0 Å². The minimum absolute atomic E-state index is 0.0121. The Hall–Kier alpha value is -2.44. The lowest BCUT2D eigenvalue weighted by Crippen LogP contribution is -2.09. The fraction of sp³-hybridized carbons (Fsp3) is 0.385. The molecule has 0 saturated carbocycles. The van der Waals surface area contributed by atoms with Gasteiger partial charge in [-0.25, -0.2) is 14.8 Å². The minimum Gasteiger partial charge on any atom is -0.477 e. The van der Waals surface area contributed by atoms with Gasteiger partial charge < -0.3 is 10.4 Å². The summed E-state index contributed by atoms with van der Waals surface area (Å²) >= 11 is 0. The largest absolute Gasteiger partial charge is 0.477 e. The second-order valence-electron chi connectivity index (χ2n) is 4.51. The van der Waals surface area contributed by atoms with Crippen LogP contribution in [-0.2, 0) is 20.0 Å². The summed E-state index contributed by atoms with van der Waals surface area (Å²) in [5, 5.41) is 16.4. The van der Waals surface area contributed by atoms with Crippen molar-refractivity contribution in [3.63, 3.8) is 0 Å². The minimum atomic E-state index is -1.06. The third kappa shape index (κ3) is 3.11. The van der Waals surface area contributed by atoms with Crippen LogP contribution >= 0.6 is 0 Å². The first kappa shape index (κ1) is 14.0. The van der Waals surface area contributed by atoms with Gasteiger partial charge in [0.25, 0.3) is 0 Å². The van der Waals surface area contributed by atoms with E-state index in [1.54, 1.807) is 11.6 Å². The van der Waals surface area contributed by atoms with Crippen molar-refractivity contribution in [1.82, 2.24) is 19.7 Å². The first-order chi connectivity index (χ1) is 9.49. The van der Waals surface area contributed by atoms with E-state index >= 15 is 0 Å². The molecule has 0 saturated heterocycles. The molecule has 7 heteroatoms. The third-order valence-electron chi connectivity index (χ3n) is 2.84. The average molecular weight is 275 g/mol. The molecule has 20 heavy (non-hydrogen) atoms. The van der Waals surface area contributed by atoms with Crippen molar-refractivity contribution in [2.75, 3.05) is 5.32 Å². The number of carboxylic acid groups (broad SMARTS) is 1. The normalized spacial score (nSPS) is 10.6. The Morgan fingerprint density at radius 3 is 2.85 bits per heavy atom. The van der Waals surface area contributed by atoms with Crippen molar-refractivity contribution in [1.29, 1.82) is 0 Å². The predicted octanol–water partition coefficient (Wildman–Crippen LogP) is 1.39. The summed E-state index contributed by atoms with van der Waals surface area (Å²) in [7, 11) is 1.87. The maximum Gasteiger partial charge on any atom is 0.354 e. The van der Waals surface area contributed by atoms with Gasteiger partial charge in [-0.05, 0) is 19.4 Å². The van der Waals surface area contributed by atoms with E-state index in [0.717, 1.165) is 17.7 Å². The monoisotopic (exact) mass is 275 g/mol. The van der Waals surface area contributed by atoms with Gasteiger partial charge in [-0.3, -0.25) is 4.68 Å². The molecule has 2 aromatic rings. The van der Waals surface area contributed by atoms with E-state index in [-0.39, 0.29) is 5.69 Å². The van der Waals surface area contributed by atoms with E-state index in [1.165, 1.54) is 6.07 Å². The molecule has 0 aliphatic heterocycles. The van der Waals surface area contributed by atoms with Gasteiger partial charge in [0.2, 0.25) is 5.95 Å². The fourth-order valence-corrected chi connectivity index (χ4v) is 1.96. The predicted molar refractivity (Wildman–Crippen MR) is 73.6 cm³/mol. The fourth-order valence-electron chi connectivity index (χ4n) is 1.96. The Kier molecular flexibility index (Phi) is 3.97. The van der Waals surface area contributed by atoms with Gasteiger partial charge in [0.1, 0.15) is 0 Å². The van der Waals surface area contributed by atoms with Gasteiger partial charge in [0.15, 0.2) is 5.69 Å². The average Bonchev–Trinajstić information content (AvgIpc) is 2.76. The first-order valence-corrected chi connectivity index (χ1v) is 6.33. The van der Waals surface area contributed by atoms with Crippen molar-refractivity contribution in [2.24, 2.45) is 7.05 Å². The van der Waals surface area contributed by atoms with Crippen LogP contribution < -0.4 is 5.32 Å². The van der Waals surface area contributed by atoms with Gasteiger partial charge in [-0.1, -0.05) is 6.92 Å². The number of nitrogens with one attached hydrogen (secondary N) is 1. The van der Waals surface area contributed by atoms with Crippen molar-refractivity contribution < 1.29 is 9.90 Å². The Morgan fingerprint density at radius 2 is 2.20 bits per heavy atom. The van der Waals surface area contributed by atoms with Crippen LogP contribution in [0.5, 0.6) is 0 Å². The molecule has 2 rings (SSSR count). The van der Waals surface area contributed by atoms with Gasteiger partial charge in [0.05, 0.1) is 5.69 Å². The van der Waals surface area contributed by atoms with Crippen LogP contribution in [-0.4, -0.2) is 30.8 Å². The van der Waals surface area contributed by atoms with Crippen molar-refractivity contribution in [3.05, 3.63) is 34.9 Å². The zero-order valence-corrected chi connectivity index (χ0v) is 11.7. The second-order valence-corrected chi connectivity index (χ2v) is 4.51. The summed E-state index contributed by atoms with van der Waals surface area (Å²) in [5.41, 5.74) is 2.66. The molecular formula is C13H17N5O2. The molecule has 0 amide bonds. The lowest BCUT2D eigenvalue weighted by molar-refractivity contribution is 0.0690. The molecule has 0 aliphatic carbocycles. The summed E-state index contributed by atoms with van der Waals surface area (Å²) < 4.78 is 1.76. The highest BCUT2D eigenvalue weighted by Crippen LogP contribution is 2.10. The van der Waals surface area contributed by atoms with Crippen LogP contribution in [0, 0.1) is 6.92 Å². The highest BCUT2D eigenvalue weighted by Gasteiger charge is 2.10. The van der Waals surface area contributed by atoms with E-state index < -0.39 is 5.97 Å². The Labute approximate surface area is 116 Å². The van der Waals surface area contributed by atoms with E-state index in [4.69, 9.17) is 5.11 Å². The Balaban J connectivity index is 2.16. The molecule has 2 aromatic heterocycles. The molecule has 2 N–H and O–H groups in total. The number of carboxylic acids is 1. The number of aromatic nitrogens is 4. The molecule has 0 fully saturated rings. The topological polar surface area (TPSA) is 92.9 Å². The van der Waals surface area contributed by atoms with Crippen LogP contribution in [0.25, 0.3) is 0 Å². The zero-order chi connectivity index (χ0) is 14.7. The Bertz CT molecular complexity index is 636. The maximum atomic E-state index is 11.0. The lowest BCUT2D eigenvalue weighted by Gasteiger charge is -2.06. The maximum absolute atomic E-state index is 11.0. The molecule has 0 bridgehead atoms. The van der Waals surface area contributed by atoms with E-state index in [1.807, 2.05) is 20.2 Å². The third-order valence-corrected chi connectivity index (χ3v) is 2.84. The molecular weight excluding hydrogens is 258 g/mol. The molecule has 2 heterocycles. The molecule has 0 aromatic carbocycles. The van der Waals surface area contributed by atoms with Crippen LogP contribution in [0.4, 0.5) is 5.95 Å². The molecule has 0 aliphatic rings. The second kappa shape index (κ2) is 5.68. The number of nitrogens with zero attached hydrogens (tertiary/aromatic N) is 4. The van der Waals surface area contributed by atoms with Gasteiger partial charge in [0, 0.05) is 31.0 Å². The number of carbonyl (C=O) groups is 1. The van der Waals surface area contributed by atoms with Crippen LogP contribution in [0.3, 0.4) is 0 Å². The SMILES string of the molecule is CCc1nn(C)cc1CNc1nc(C)cc(C(=O)O)n1. The molecule has 106 valence electrons. The number of rotatable bonds is 5. The highest BCUT2D eigenvalue weighted by atomic mass is 16.4. The van der Waals surface area contributed by atoms with Crippen LogP contribution in [0.1, 0.15) is 34.4 Å². The summed E-state index contributed by atoms with van der Waals surface area (Å²) in [6.45, 7) is 4.29. The quantitative estimate of drug-likeness (QED) is 0.856. The number of anilines is 1. The zero-order valence-electron chi connectivity index (χ0n) is 11.7. The molecule has 0 atom stereocenters. The van der Waals surface area contributed by atoms with Crippen molar-refractivity contribution in [2.45, 2.75) is 26.8 Å². The van der Waals surface area contributed by atoms with Crippen molar-refractivity contribution >= 4 is 11.9 Å². The van der Waals surface area contributed by atoms with Crippen molar-refractivity contribution in [3.8, 4) is 0 Å². The number of aromatic carboxylic acids is 1. The van der Waals surface area contributed by atoms with E-state index in [2.05, 4.69) is 20.4 Å². The first-order valence-electron chi connectivity index (χ1n) is 6.33. The Morgan fingerprint density at radius 1 is 1.45 bits per heavy atom. The number of hydrogen-bond acceptors (Lipinski definition) is 5. The highest BCUT2D eigenvalue weighted by molar-refractivity contribution is 5.85. The summed E-state index contributed by atoms with van der Waals surface area (Å²) in [5.74, 6) is -0.748. The summed E-state index contributed by atoms with van der Waals surface area (Å²) in [6, 6.07) is 1.44. The summed E-state index contributed by atoms with van der Waals surface area (Å²) in [6.07, 6.45) is 2.77. The number of aryl methyl sites for hydroxylation is 3. The van der Waals surface area contributed by atoms with E-state index in [9.17, 15) is 4.79 Å². The van der Waals surface area contributed by atoms with Gasteiger partial charge in [-0.2, -0.15) is 5.10 Å². The molecule has 0 spiro atoms.